The number of benzene rings is 1. The maximum Gasteiger partial charge on any atom is 0.0438 e. The molecule has 1 N–H and O–H groups in total. The zero-order valence-electron chi connectivity index (χ0n) is 11.4. The molecule has 1 aromatic carbocycles. The molecule has 2 heteroatoms. The van der Waals surface area contributed by atoms with Gasteiger partial charge in [0.15, 0.2) is 0 Å². The minimum atomic E-state index is 0.341. The lowest BCUT2D eigenvalue weighted by Gasteiger charge is -2.27. The lowest BCUT2D eigenvalue weighted by atomic mass is 9.86. The highest BCUT2D eigenvalue weighted by Gasteiger charge is 2.18. The second kappa shape index (κ2) is 6.42. The van der Waals surface area contributed by atoms with Gasteiger partial charge in [-0.05, 0) is 36.4 Å². The van der Waals surface area contributed by atoms with Crippen molar-refractivity contribution in [2.45, 2.75) is 46.6 Å². The number of likely N-dealkylation sites (N-methyl/N-ethyl adjacent to an activating group) is 1. The van der Waals surface area contributed by atoms with Crippen LogP contribution >= 0.6 is 11.6 Å². The Balaban J connectivity index is 2.70. The molecule has 17 heavy (non-hydrogen) atoms. The van der Waals surface area contributed by atoms with Crippen molar-refractivity contribution in [3.05, 3.63) is 34.9 Å². The van der Waals surface area contributed by atoms with Crippen LogP contribution in [0.1, 0.15) is 39.7 Å². The topological polar surface area (TPSA) is 12.0 Å². The fraction of sp³-hybridized carbons (Fsp3) is 0.600. The molecular weight excluding hydrogens is 230 g/mol. The zero-order chi connectivity index (χ0) is 12.9. The predicted molar refractivity (Wildman–Crippen MR) is 76.7 cm³/mol. The van der Waals surface area contributed by atoms with Gasteiger partial charge in [0.2, 0.25) is 0 Å². The van der Waals surface area contributed by atoms with E-state index in [2.05, 4.69) is 45.1 Å². The molecule has 0 spiro atoms. The van der Waals surface area contributed by atoms with Crippen LogP contribution in [-0.2, 0) is 6.42 Å². The smallest absolute Gasteiger partial charge is 0.0438 e. The minimum Gasteiger partial charge on any atom is -0.314 e. The average molecular weight is 254 g/mol. The molecule has 0 radical (unpaired) electrons. The Morgan fingerprint density at radius 2 is 1.88 bits per heavy atom. The lowest BCUT2D eigenvalue weighted by molar-refractivity contribution is 0.309. The molecule has 0 fully saturated rings. The molecule has 1 unspecified atom stereocenters. The lowest BCUT2D eigenvalue weighted by Crippen LogP contribution is -2.34. The van der Waals surface area contributed by atoms with Crippen molar-refractivity contribution >= 4 is 11.6 Å². The second-order valence-corrected chi connectivity index (χ2v) is 6.22. The van der Waals surface area contributed by atoms with Gasteiger partial charge in [0.1, 0.15) is 0 Å². The van der Waals surface area contributed by atoms with Gasteiger partial charge < -0.3 is 5.32 Å². The van der Waals surface area contributed by atoms with Crippen LogP contribution in [0.3, 0.4) is 0 Å². The fourth-order valence-electron chi connectivity index (χ4n) is 2.17. The van der Waals surface area contributed by atoms with E-state index in [1.807, 2.05) is 12.1 Å². The van der Waals surface area contributed by atoms with Gasteiger partial charge in [-0.3, -0.25) is 0 Å². The quantitative estimate of drug-likeness (QED) is 0.825. The summed E-state index contributed by atoms with van der Waals surface area (Å²) in [5, 5.41) is 4.44. The maximum absolute atomic E-state index is 6.21. The normalized spacial score (nSPS) is 13.7. The third kappa shape index (κ3) is 5.56. The summed E-state index contributed by atoms with van der Waals surface area (Å²) >= 11 is 6.21. The predicted octanol–water partition coefficient (Wildman–Crippen LogP) is 4.30. The molecule has 0 aliphatic carbocycles. The number of nitrogens with one attached hydrogen (secondary N) is 1. The third-order valence-electron chi connectivity index (χ3n) is 2.78. The summed E-state index contributed by atoms with van der Waals surface area (Å²) in [6.45, 7) is 10.0. The summed E-state index contributed by atoms with van der Waals surface area (Å²) in [6.07, 6.45) is 2.16. The number of hydrogen-bond acceptors (Lipinski definition) is 1. The van der Waals surface area contributed by atoms with Crippen molar-refractivity contribution in [2.24, 2.45) is 5.41 Å². The van der Waals surface area contributed by atoms with Crippen LogP contribution in [0.2, 0.25) is 5.02 Å². The Hall–Kier alpha value is -0.530. The summed E-state index contributed by atoms with van der Waals surface area (Å²) in [6, 6.07) is 8.63. The number of hydrogen-bond donors (Lipinski definition) is 1. The van der Waals surface area contributed by atoms with Crippen LogP contribution in [0.4, 0.5) is 0 Å². The first kappa shape index (κ1) is 14.5. The SMILES string of the molecule is CCNC(Cc1ccccc1Cl)CC(C)(C)C. The number of rotatable bonds is 5. The molecule has 1 rings (SSSR count). The van der Waals surface area contributed by atoms with E-state index < -0.39 is 0 Å². The Morgan fingerprint density at radius 3 is 2.41 bits per heavy atom. The van der Waals surface area contributed by atoms with Gasteiger partial charge in [-0.2, -0.15) is 0 Å². The molecule has 1 nitrogen and oxygen atoms in total. The summed E-state index contributed by atoms with van der Waals surface area (Å²) < 4.78 is 0. The maximum atomic E-state index is 6.21. The molecule has 0 heterocycles. The molecule has 0 saturated heterocycles. The van der Waals surface area contributed by atoms with Crippen molar-refractivity contribution in [1.82, 2.24) is 5.32 Å². The first-order chi connectivity index (χ1) is 7.92. The molecule has 0 aromatic heterocycles. The Morgan fingerprint density at radius 1 is 1.24 bits per heavy atom. The monoisotopic (exact) mass is 253 g/mol. The first-order valence-electron chi connectivity index (χ1n) is 6.39. The molecule has 0 bridgehead atoms. The largest absolute Gasteiger partial charge is 0.314 e. The second-order valence-electron chi connectivity index (χ2n) is 5.81. The van der Waals surface area contributed by atoms with E-state index in [4.69, 9.17) is 11.6 Å². The van der Waals surface area contributed by atoms with E-state index in [0.29, 0.717) is 11.5 Å². The number of halogens is 1. The first-order valence-corrected chi connectivity index (χ1v) is 6.77. The minimum absolute atomic E-state index is 0.341. The summed E-state index contributed by atoms with van der Waals surface area (Å²) in [5.74, 6) is 0. The van der Waals surface area contributed by atoms with Crippen molar-refractivity contribution in [2.75, 3.05) is 6.54 Å². The van der Waals surface area contributed by atoms with Crippen molar-refractivity contribution < 1.29 is 0 Å². The van der Waals surface area contributed by atoms with Crippen molar-refractivity contribution in [3.8, 4) is 0 Å². The van der Waals surface area contributed by atoms with Crippen molar-refractivity contribution in [3.63, 3.8) is 0 Å². The molecule has 0 aliphatic rings. The molecule has 0 aliphatic heterocycles. The third-order valence-corrected chi connectivity index (χ3v) is 3.14. The van der Waals surface area contributed by atoms with Gasteiger partial charge in [-0.1, -0.05) is 57.5 Å². The Labute approximate surface area is 111 Å². The molecule has 1 atom stereocenters. The van der Waals surface area contributed by atoms with E-state index in [1.165, 1.54) is 5.56 Å². The van der Waals surface area contributed by atoms with Crippen LogP contribution in [0.15, 0.2) is 24.3 Å². The van der Waals surface area contributed by atoms with Crippen LogP contribution in [0.5, 0.6) is 0 Å². The van der Waals surface area contributed by atoms with Crippen LogP contribution in [-0.4, -0.2) is 12.6 Å². The van der Waals surface area contributed by atoms with E-state index in [9.17, 15) is 0 Å². The average Bonchev–Trinajstić information content (AvgIpc) is 2.19. The van der Waals surface area contributed by atoms with Crippen molar-refractivity contribution in [1.29, 1.82) is 0 Å². The zero-order valence-corrected chi connectivity index (χ0v) is 12.1. The van der Waals surface area contributed by atoms with Gasteiger partial charge in [0, 0.05) is 11.1 Å². The Kier molecular flexibility index (Phi) is 5.48. The van der Waals surface area contributed by atoms with Crippen LogP contribution < -0.4 is 5.32 Å². The highest BCUT2D eigenvalue weighted by Crippen LogP contribution is 2.24. The summed E-state index contributed by atoms with van der Waals surface area (Å²) in [7, 11) is 0. The fourth-order valence-corrected chi connectivity index (χ4v) is 2.39. The summed E-state index contributed by atoms with van der Waals surface area (Å²) in [4.78, 5) is 0. The van der Waals surface area contributed by atoms with Crippen LogP contribution in [0.25, 0.3) is 0 Å². The van der Waals surface area contributed by atoms with E-state index >= 15 is 0 Å². The highest BCUT2D eigenvalue weighted by molar-refractivity contribution is 6.31. The van der Waals surface area contributed by atoms with Gasteiger partial charge in [0.05, 0.1) is 0 Å². The molecule has 96 valence electrons. The standard InChI is InChI=1S/C15H24ClN/c1-5-17-13(11-15(2,3)4)10-12-8-6-7-9-14(12)16/h6-9,13,17H,5,10-11H2,1-4H3. The van der Waals surface area contributed by atoms with Gasteiger partial charge in [0.25, 0.3) is 0 Å². The van der Waals surface area contributed by atoms with Gasteiger partial charge in [-0.15, -0.1) is 0 Å². The Bertz CT molecular complexity index is 341. The molecule has 0 amide bonds. The summed E-state index contributed by atoms with van der Waals surface area (Å²) in [5.41, 5.74) is 1.58. The van der Waals surface area contributed by atoms with E-state index in [1.54, 1.807) is 0 Å². The van der Waals surface area contributed by atoms with E-state index in [0.717, 1.165) is 24.4 Å². The molecular formula is C15H24ClN. The highest BCUT2D eigenvalue weighted by atomic mass is 35.5. The molecule has 1 aromatic rings. The molecule has 0 saturated carbocycles. The van der Waals surface area contributed by atoms with Crippen LogP contribution in [0, 0.1) is 5.41 Å². The van der Waals surface area contributed by atoms with Gasteiger partial charge >= 0.3 is 0 Å². The van der Waals surface area contributed by atoms with Gasteiger partial charge in [-0.25, -0.2) is 0 Å². The van der Waals surface area contributed by atoms with E-state index in [-0.39, 0.29) is 0 Å².